The number of nitrogens with zero attached hydrogens (tertiary/aromatic N) is 3. The Kier molecular flexibility index (Phi) is 4.29. The summed E-state index contributed by atoms with van der Waals surface area (Å²) in [4.78, 5) is 10.3. The number of rotatable bonds is 4. The lowest BCUT2D eigenvalue weighted by Crippen LogP contribution is -2.61. The number of aromatic nitrogens is 2. The number of nitro benzene ring substituents is 1. The van der Waals surface area contributed by atoms with E-state index in [0.29, 0.717) is 0 Å². The standard InChI is InChI=1S/C12H14N4O8/c17-3-6-10(18)11(19)9(12(20)23-6)13-4-1-2-5(16(21)22)8-7(4)14-24-15-8/h1-2,6,9-13,17-20H,3H2/t6-,9+,10-,11+,12-/m1/s1. The zero-order valence-electron chi connectivity index (χ0n) is 12.0. The van der Waals surface area contributed by atoms with E-state index in [1.165, 1.54) is 6.07 Å². The highest BCUT2D eigenvalue weighted by atomic mass is 16.6. The number of nitro groups is 1. The van der Waals surface area contributed by atoms with Gasteiger partial charge in [-0.3, -0.25) is 10.1 Å². The summed E-state index contributed by atoms with van der Waals surface area (Å²) < 4.78 is 9.54. The van der Waals surface area contributed by atoms with Crippen molar-refractivity contribution < 1.29 is 34.7 Å². The summed E-state index contributed by atoms with van der Waals surface area (Å²) in [5.74, 6) is 0. The van der Waals surface area contributed by atoms with Crippen molar-refractivity contribution in [2.75, 3.05) is 11.9 Å². The fraction of sp³-hybridized carbons (Fsp3) is 0.500. The van der Waals surface area contributed by atoms with Crippen LogP contribution in [0, 0.1) is 10.1 Å². The Morgan fingerprint density at radius 3 is 2.58 bits per heavy atom. The molecule has 0 saturated carbocycles. The topological polar surface area (TPSA) is 184 Å². The third-order valence-electron chi connectivity index (χ3n) is 3.81. The number of non-ortho nitro benzene ring substituents is 1. The van der Waals surface area contributed by atoms with Gasteiger partial charge in [0.05, 0.1) is 17.2 Å². The Labute approximate surface area is 133 Å². The minimum atomic E-state index is -1.55. The van der Waals surface area contributed by atoms with Crippen LogP contribution in [0.1, 0.15) is 0 Å². The summed E-state index contributed by atoms with van der Waals surface area (Å²) in [6.45, 7) is -0.586. The zero-order valence-corrected chi connectivity index (χ0v) is 12.0. The second-order valence-electron chi connectivity index (χ2n) is 5.25. The van der Waals surface area contributed by atoms with E-state index in [-0.39, 0.29) is 22.4 Å². The predicted molar refractivity (Wildman–Crippen MR) is 75.8 cm³/mol. The van der Waals surface area contributed by atoms with Crippen molar-refractivity contribution in [2.45, 2.75) is 30.6 Å². The fourth-order valence-corrected chi connectivity index (χ4v) is 2.55. The van der Waals surface area contributed by atoms with Crippen molar-refractivity contribution in [2.24, 2.45) is 0 Å². The smallest absolute Gasteiger partial charge is 0.300 e. The van der Waals surface area contributed by atoms with Crippen LogP contribution in [0.5, 0.6) is 0 Å². The van der Waals surface area contributed by atoms with E-state index in [9.17, 15) is 25.4 Å². The first-order valence-electron chi connectivity index (χ1n) is 6.90. The van der Waals surface area contributed by atoms with Gasteiger partial charge < -0.3 is 30.5 Å². The van der Waals surface area contributed by atoms with Gasteiger partial charge in [-0.1, -0.05) is 0 Å². The maximum Gasteiger partial charge on any atom is 0.300 e. The summed E-state index contributed by atoms with van der Waals surface area (Å²) >= 11 is 0. The fourth-order valence-electron chi connectivity index (χ4n) is 2.55. The molecule has 5 N–H and O–H groups in total. The molecular formula is C12H14N4O8. The summed E-state index contributed by atoms with van der Waals surface area (Å²) in [7, 11) is 0. The average molecular weight is 342 g/mol. The average Bonchev–Trinajstić information content (AvgIpc) is 3.04. The van der Waals surface area contributed by atoms with Crippen molar-refractivity contribution in [1.82, 2.24) is 10.3 Å². The van der Waals surface area contributed by atoms with Crippen LogP contribution in [-0.4, -0.2) is 72.9 Å². The molecule has 12 nitrogen and oxygen atoms in total. The first-order valence-corrected chi connectivity index (χ1v) is 6.90. The van der Waals surface area contributed by atoms with Gasteiger partial charge in [0.15, 0.2) is 11.8 Å². The molecule has 2 aromatic rings. The van der Waals surface area contributed by atoms with Crippen LogP contribution in [0.2, 0.25) is 0 Å². The molecule has 1 saturated heterocycles. The van der Waals surface area contributed by atoms with Gasteiger partial charge in [0.1, 0.15) is 24.4 Å². The maximum absolute atomic E-state index is 10.9. The van der Waals surface area contributed by atoms with Crippen molar-refractivity contribution in [3.63, 3.8) is 0 Å². The first-order chi connectivity index (χ1) is 11.4. The number of aliphatic hydroxyl groups excluding tert-OH is 4. The number of aliphatic hydroxyl groups is 4. The van der Waals surface area contributed by atoms with Gasteiger partial charge in [0.2, 0.25) is 5.52 Å². The Morgan fingerprint density at radius 2 is 1.92 bits per heavy atom. The minimum Gasteiger partial charge on any atom is -0.394 e. The monoisotopic (exact) mass is 342 g/mol. The van der Waals surface area contributed by atoms with Crippen LogP contribution in [0.15, 0.2) is 16.8 Å². The molecule has 1 aromatic carbocycles. The Bertz CT molecular complexity index is 752. The molecule has 3 rings (SSSR count). The van der Waals surface area contributed by atoms with Gasteiger partial charge in [-0.15, -0.1) is 0 Å². The molecule has 0 radical (unpaired) electrons. The molecule has 1 aromatic heterocycles. The third kappa shape index (κ3) is 2.65. The SMILES string of the molecule is O=[N+]([O-])c1ccc(N[C@H]2[C@H](O)[C@H](O)[C@@H](CO)O[C@H]2O)c2nonc12. The minimum absolute atomic E-state index is 0.0161. The summed E-state index contributed by atoms with van der Waals surface area (Å²) in [5.41, 5.74) is -0.238. The van der Waals surface area contributed by atoms with E-state index in [1.807, 2.05) is 0 Å². The van der Waals surface area contributed by atoms with Gasteiger partial charge in [-0.25, -0.2) is 4.63 Å². The molecule has 0 amide bonds. The van der Waals surface area contributed by atoms with Gasteiger partial charge in [0.25, 0.3) is 0 Å². The number of nitrogens with one attached hydrogen (secondary N) is 1. The lowest BCUT2D eigenvalue weighted by molar-refractivity contribution is -0.383. The number of fused-ring (bicyclic) bond motifs is 1. The lowest BCUT2D eigenvalue weighted by atomic mass is 9.96. The molecule has 130 valence electrons. The molecule has 1 aliphatic heterocycles. The quantitative estimate of drug-likeness (QED) is 0.316. The van der Waals surface area contributed by atoms with Gasteiger partial charge in [0, 0.05) is 6.07 Å². The summed E-state index contributed by atoms with van der Waals surface area (Å²) in [5, 5.41) is 59.7. The van der Waals surface area contributed by atoms with E-state index in [4.69, 9.17) is 9.84 Å². The molecule has 0 aliphatic carbocycles. The lowest BCUT2D eigenvalue weighted by Gasteiger charge is -2.40. The highest BCUT2D eigenvalue weighted by molar-refractivity contribution is 5.93. The molecule has 12 heteroatoms. The molecule has 0 unspecified atom stereocenters. The molecule has 2 heterocycles. The Morgan fingerprint density at radius 1 is 1.21 bits per heavy atom. The van der Waals surface area contributed by atoms with Crippen LogP contribution < -0.4 is 5.32 Å². The molecule has 0 spiro atoms. The molecule has 0 bridgehead atoms. The van der Waals surface area contributed by atoms with Crippen LogP contribution in [0.4, 0.5) is 11.4 Å². The Hall–Kier alpha value is -2.38. The molecule has 1 fully saturated rings. The van der Waals surface area contributed by atoms with E-state index in [2.05, 4.69) is 20.3 Å². The largest absolute Gasteiger partial charge is 0.394 e. The van der Waals surface area contributed by atoms with E-state index < -0.39 is 42.2 Å². The zero-order chi connectivity index (χ0) is 17.4. The Balaban J connectivity index is 1.91. The van der Waals surface area contributed by atoms with E-state index in [1.54, 1.807) is 0 Å². The number of benzene rings is 1. The summed E-state index contributed by atoms with van der Waals surface area (Å²) in [6, 6.07) is 1.28. The highest BCUT2D eigenvalue weighted by Crippen LogP contribution is 2.31. The molecule has 24 heavy (non-hydrogen) atoms. The van der Waals surface area contributed by atoms with Crippen molar-refractivity contribution in [3.8, 4) is 0 Å². The van der Waals surface area contributed by atoms with E-state index >= 15 is 0 Å². The maximum atomic E-state index is 10.9. The molecule has 1 aliphatic rings. The predicted octanol–water partition coefficient (Wildman–Crippen LogP) is -1.66. The number of hydrogen-bond donors (Lipinski definition) is 5. The third-order valence-corrected chi connectivity index (χ3v) is 3.81. The van der Waals surface area contributed by atoms with Gasteiger partial charge in [-0.05, 0) is 16.4 Å². The highest BCUT2D eigenvalue weighted by Gasteiger charge is 2.44. The van der Waals surface area contributed by atoms with Crippen LogP contribution in [0.3, 0.4) is 0 Å². The van der Waals surface area contributed by atoms with Crippen LogP contribution >= 0.6 is 0 Å². The number of anilines is 1. The molecular weight excluding hydrogens is 328 g/mol. The van der Waals surface area contributed by atoms with Crippen molar-refractivity contribution >= 4 is 22.4 Å². The van der Waals surface area contributed by atoms with Crippen LogP contribution in [-0.2, 0) is 4.74 Å². The second-order valence-corrected chi connectivity index (χ2v) is 5.25. The van der Waals surface area contributed by atoms with Crippen LogP contribution in [0.25, 0.3) is 11.0 Å². The van der Waals surface area contributed by atoms with E-state index in [0.717, 1.165) is 6.07 Å². The first kappa shape index (κ1) is 16.5. The number of hydrogen-bond acceptors (Lipinski definition) is 11. The van der Waals surface area contributed by atoms with Gasteiger partial charge in [-0.2, -0.15) is 0 Å². The van der Waals surface area contributed by atoms with Crippen molar-refractivity contribution in [3.05, 3.63) is 22.2 Å². The van der Waals surface area contributed by atoms with Crippen molar-refractivity contribution in [1.29, 1.82) is 0 Å². The molecule has 5 atom stereocenters. The normalized spacial score (nSPS) is 30.4. The van der Waals surface area contributed by atoms with Gasteiger partial charge >= 0.3 is 5.69 Å². The summed E-state index contributed by atoms with van der Waals surface area (Å²) in [6.07, 6.45) is -5.61. The number of ether oxygens (including phenoxy) is 1. The second kappa shape index (κ2) is 6.26.